The Hall–Kier alpha value is -1.43. The van der Waals surface area contributed by atoms with Crippen LogP contribution in [-0.4, -0.2) is 29.9 Å². The summed E-state index contributed by atoms with van der Waals surface area (Å²) >= 11 is 0. The third kappa shape index (κ3) is 1.27. The predicted octanol–water partition coefficient (Wildman–Crippen LogP) is 0.670. The minimum Gasteiger partial charge on any atom is -0.280 e. The van der Waals surface area contributed by atoms with E-state index in [2.05, 4.69) is 15.2 Å². The maximum absolute atomic E-state index is 11.4. The van der Waals surface area contributed by atoms with Crippen molar-refractivity contribution in [3.05, 3.63) is 18.0 Å². The molecule has 2 heterocycles. The molecular formula is C8H9N3O2S. The van der Waals surface area contributed by atoms with Gasteiger partial charge in [-0.1, -0.05) is 0 Å². The molecule has 0 aliphatic rings. The second kappa shape index (κ2) is 2.78. The quantitative estimate of drug-likeness (QED) is 0.752. The number of hydrogen-bond donors (Lipinski definition) is 1. The zero-order chi connectivity index (χ0) is 10.3. The molecule has 74 valence electrons. The van der Waals surface area contributed by atoms with Crippen LogP contribution in [0.3, 0.4) is 0 Å². The van der Waals surface area contributed by atoms with Gasteiger partial charge < -0.3 is 0 Å². The Balaban J connectivity index is 2.96. The first-order chi connectivity index (χ1) is 6.50. The zero-order valence-electron chi connectivity index (χ0n) is 7.77. The summed E-state index contributed by atoms with van der Waals surface area (Å²) in [6.45, 7) is 1.77. The molecule has 0 aliphatic carbocycles. The number of sulfone groups is 1. The van der Waals surface area contributed by atoms with Crippen LogP contribution in [0.15, 0.2) is 17.2 Å². The number of rotatable bonds is 1. The molecule has 0 aliphatic heterocycles. The van der Waals surface area contributed by atoms with Gasteiger partial charge in [-0.3, -0.25) is 5.10 Å². The number of aromatic amines is 1. The molecule has 1 N–H and O–H groups in total. The van der Waals surface area contributed by atoms with Gasteiger partial charge in [-0.25, -0.2) is 13.4 Å². The second-order valence-corrected chi connectivity index (χ2v) is 5.11. The van der Waals surface area contributed by atoms with E-state index in [-0.39, 0.29) is 4.90 Å². The van der Waals surface area contributed by atoms with Gasteiger partial charge in [-0.05, 0) is 13.0 Å². The highest BCUT2D eigenvalue weighted by Gasteiger charge is 2.15. The number of nitrogens with zero attached hydrogens (tertiary/aromatic N) is 2. The van der Waals surface area contributed by atoms with Crippen molar-refractivity contribution < 1.29 is 8.42 Å². The van der Waals surface area contributed by atoms with Gasteiger partial charge in [-0.2, -0.15) is 5.10 Å². The standard InChI is InChI=1S/C8H9N3O2S/c1-5-7-6(14(2,12)13)3-4-9-8(7)11-10-5/h3-4H,1-2H3,(H,9,10,11). The Kier molecular flexibility index (Phi) is 1.81. The highest BCUT2D eigenvalue weighted by molar-refractivity contribution is 7.91. The van der Waals surface area contributed by atoms with Crippen LogP contribution in [0.25, 0.3) is 11.0 Å². The summed E-state index contributed by atoms with van der Waals surface area (Å²) in [5.41, 5.74) is 1.15. The lowest BCUT2D eigenvalue weighted by atomic mass is 10.3. The fourth-order valence-electron chi connectivity index (χ4n) is 1.37. The fourth-order valence-corrected chi connectivity index (χ4v) is 2.30. The lowest BCUT2D eigenvalue weighted by molar-refractivity contribution is 0.602. The number of nitrogens with one attached hydrogen (secondary N) is 1. The zero-order valence-corrected chi connectivity index (χ0v) is 8.59. The number of aromatic nitrogens is 3. The summed E-state index contributed by atoms with van der Waals surface area (Å²) in [5.74, 6) is 0. The van der Waals surface area contributed by atoms with E-state index in [9.17, 15) is 8.42 Å². The van der Waals surface area contributed by atoms with Crippen molar-refractivity contribution in [2.24, 2.45) is 0 Å². The summed E-state index contributed by atoms with van der Waals surface area (Å²) in [6, 6.07) is 1.49. The van der Waals surface area contributed by atoms with E-state index in [0.717, 1.165) is 0 Å². The van der Waals surface area contributed by atoms with Gasteiger partial charge >= 0.3 is 0 Å². The van der Waals surface area contributed by atoms with Crippen LogP contribution in [0.4, 0.5) is 0 Å². The van der Waals surface area contributed by atoms with Crippen molar-refractivity contribution in [1.82, 2.24) is 15.2 Å². The minimum absolute atomic E-state index is 0.272. The number of fused-ring (bicyclic) bond motifs is 1. The molecule has 0 spiro atoms. The Morgan fingerprint density at radius 3 is 2.79 bits per heavy atom. The molecule has 0 saturated heterocycles. The summed E-state index contributed by atoms with van der Waals surface area (Å²) in [7, 11) is -3.22. The van der Waals surface area contributed by atoms with Crippen LogP contribution in [-0.2, 0) is 9.84 Å². The third-order valence-electron chi connectivity index (χ3n) is 2.00. The molecule has 14 heavy (non-hydrogen) atoms. The van der Waals surface area contributed by atoms with Gasteiger partial charge in [0.25, 0.3) is 0 Å². The molecule has 0 amide bonds. The average molecular weight is 211 g/mol. The topological polar surface area (TPSA) is 75.7 Å². The van der Waals surface area contributed by atoms with E-state index < -0.39 is 9.84 Å². The van der Waals surface area contributed by atoms with Crippen molar-refractivity contribution in [3.8, 4) is 0 Å². The normalized spacial score (nSPS) is 12.1. The number of H-pyrrole nitrogens is 1. The molecule has 2 aromatic heterocycles. The Bertz CT molecular complexity index is 586. The van der Waals surface area contributed by atoms with Gasteiger partial charge in [0.2, 0.25) is 0 Å². The number of aryl methyl sites for hydroxylation is 1. The van der Waals surface area contributed by atoms with Crippen LogP contribution in [0.5, 0.6) is 0 Å². The van der Waals surface area contributed by atoms with Crippen LogP contribution in [0, 0.1) is 6.92 Å². The van der Waals surface area contributed by atoms with Crippen LogP contribution >= 0.6 is 0 Å². The first kappa shape index (κ1) is 9.14. The Labute approximate surface area is 81.1 Å². The van der Waals surface area contributed by atoms with Gasteiger partial charge in [0, 0.05) is 18.1 Å². The lowest BCUT2D eigenvalue weighted by Gasteiger charge is -1.99. The van der Waals surface area contributed by atoms with Gasteiger partial charge in [-0.15, -0.1) is 0 Å². The number of hydrogen-bond acceptors (Lipinski definition) is 4. The smallest absolute Gasteiger partial charge is 0.182 e. The van der Waals surface area contributed by atoms with E-state index in [1.165, 1.54) is 18.5 Å². The monoisotopic (exact) mass is 211 g/mol. The van der Waals surface area contributed by atoms with Crippen molar-refractivity contribution in [1.29, 1.82) is 0 Å². The highest BCUT2D eigenvalue weighted by atomic mass is 32.2. The molecule has 0 unspecified atom stereocenters. The maximum Gasteiger partial charge on any atom is 0.182 e. The fraction of sp³-hybridized carbons (Fsp3) is 0.250. The van der Waals surface area contributed by atoms with Crippen molar-refractivity contribution in [2.45, 2.75) is 11.8 Å². The lowest BCUT2D eigenvalue weighted by Crippen LogP contribution is -1.98. The van der Waals surface area contributed by atoms with Gasteiger partial charge in [0.1, 0.15) is 0 Å². The van der Waals surface area contributed by atoms with Gasteiger partial charge in [0.15, 0.2) is 15.5 Å². The SMILES string of the molecule is Cc1[nH]nc2nccc(S(C)(=O)=O)c12. The van der Waals surface area contributed by atoms with Crippen molar-refractivity contribution in [3.63, 3.8) is 0 Å². The molecule has 2 aromatic rings. The molecule has 0 radical (unpaired) electrons. The Morgan fingerprint density at radius 1 is 1.43 bits per heavy atom. The molecule has 6 heteroatoms. The molecule has 0 bridgehead atoms. The molecule has 0 atom stereocenters. The molecule has 0 saturated carbocycles. The maximum atomic E-state index is 11.4. The Morgan fingerprint density at radius 2 is 2.14 bits per heavy atom. The molecular weight excluding hydrogens is 202 g/mol. The average Bonchev–Trinajstić information content (AvgIpc) is 2.46. The van der Waals surface area contributed by atoms with E-state index in [1.807, 2.05) is 0 Å². The summed E-state index contributed by atoms with van der Waals surface area (Å²) in [5, 5.41) is 7.18. The number of pyridine rings is 1. The first-order valence-electron chi connectivity index (χ1n) is 4.00. The van der Waals surface area contributed by atoms with Crippen LogP contribution in [0.2, 0.25) is 0 Å². The largest absolute Gasteiger partial charge is 0.280 e. The van der Waals surface area contributed by atoms with E-state index >= 15 is 0 Å². The van der Waals surface area contributed by atoms with Crippen molar-refractivity contribution >= 4 is 20.9 Å². The van der Waals surface area contributed by atoms with Gasteiger partial charge in [0.05, 0.1) is 10.3 Å². The highest BCUT2D eigenvalue weighted by Crippen LogP contribution is 2.21. The van der Waals surface area contributed by atoms with E-state index in [1.54, 1.807) is 6.92 Å². The summed E-state index contributed by atoms with van der Waals surface area (Å²) in [6.07, 6.45) is 2.62. The molecule has 2 rings (SSSR count). The second-order valence-electron chi connectivity index (χ2n) is 3.13. The third-order valence-corrected chi connectivity index (χ3v) is 3.14. The summed E-state index contributed by atoms with van der Waals surface area (Å²) < 4.78 is 22.9. The molecule has 5 nitrogen and oxygen atoms in total. The molecule has 0 aromatic carbocycles. The minimum atomic E-state index is -3.22. The summed E-state index contributed by atoms with van der Waals surface area (Å²) in [4.78, 5) is 4.24. The van der Waals surface area contributed by atoms with E-state index in [4.69, 9.17) is 0 Å². The van der Waals surface area contributed by atoms with Crippen LogP contribution < -0.4 is 0 Å². The predicted molar refractivity (Wildman–Crippen MR) is 51.7 cm³/mol. The van der Waals surface area contributed by atoms with Crippen LogP contribution in [0.1, 0.15) is 5.69 Å². The van der Waals surface area contributed by atoms with Crippen molar-refractivity contribution in [2.75, 3.05) is 6.26 Å². The molecule has 0 fully saturated rings. The first-order valence-corrected chi connectivity index (χ1v) is 5.89. The van der Waals surface area contributed by atoms with E-state index in [0.29, 0.717) is 16.7 Å².